The molecule has 0 unspecified atom stereocenters. The molecule has 6 nitrogen and oxygen atoms in total. The van der Waals surface area contributed by atoms with E-state index in [1.165, 1.54) is 18.3 Å². The summed E-state index contributed by atoms with van der Waals surface area (Å²) >= 11 is 5.79. The highest BCUT2D eigenvalue weighted by molar-refractivity contribution is 6.30. The van der Waals surface area contributed by atoms with Crippen LogP contribution in [0, 0.1) is 0 Å². The van der Waals surface area contributed by atoms with Gasteiger partial charge in [-0.3, -0.25) is 4.79 Å². The molecule has 0 atom stereocenters. The first kappa shape index (κ1) is 12.7. The van der Waals surface area contributed by atoms with Crippen LogP contribution in [0.5, 0.6) is 5.75 Å². The Balaban J connectivity index is 2.27. The SMILES string of the molecule is O=C(O)c1cn2c(cc1=O)-c1nc(Cl)c(O)cc1CC2. The molecule has 0 bridgehead atoms. The van der Waals surface area contributed by atoms with Gasteiger partial charge < -0.3 is 14.8 Å². The number of pyridine rings is 2. The van der Waals surface area contributed by atoms with Crippen molar-refractivity contribution < 1.29 is 15.0 Å². The van der Waals surface area contributed by atoms with Gasteiger partial charge in [0.25, 0.3) is 0 Å². The van der Waals surface area contributed by atoms with Crippen LogP contribution in [0.25, 0.3) is 11.4 Å². The molecule has 2 aromatic heterocycles. The van der Waals surface area contributed by atoms with Gasteiger partial charge in [0.05, 0.1) is 11.4 Å². The van der Waals surface area contributed by atoms with E-state index in [-0.39, 0.29) is 16.5 Å². The molecule has 2 aromatic rings. The number of carboxylic acids is 1. The van der Waals surface area contributed by atoms with Gasteiger partial charge in [0.15, 0.2) is 16.3 Å². The molecule has 0 aromatic carbocycles. The van der Waals surface area contributed by atoms with Crippen LogP contribution in [0.4, 0.5) is 0 Å². The largest absolute Gasteiger partial charge is 0.505 e. The fraction of sp³-hybridized carbons (Fsp3) is 0.154. The van der Waals surface area contributed by atoms with Crippen LogP contribution >= 0.6 is 11.6 Å². The minimum absolute atomic E-state index is 0.0491. The molecular formula is C13H9ClN2O4. The van der Waals surface area contributed by atoms with Crippen molar-refractivity contribution in [2.45, 2.75) is 13.0 Å². The Morgan fingerprint density at radius 3 is 2.85 bits per heavy atom. The Kier molecular flexibility index (Phi) is 2.76. The monoisotopic (exact) mass is 292 g/mol. The topological polar surface area (TPSA) is 92.4 Å². The molecule has 20 heavy (non-hydrogen) atoms. The molecule has 0 saturated carbocycles. The summed E-state index contributed by atoms with van der Waals surface area (Å²) in [5.74, 6) is -1.36. The number of fused-ring (bicyclic) bond motifs is 3. The molecule has 102 valence electrons. The van der Waals surface area contributed by atoms with Crippen LogP contribution in [-0.4, -0.2) is 25.7 Å². The summed E-state index contributed by atoms with van der Waals surface area (Å²) in [6.45, 7) is 0.506. The average molecular weight is 293 g/mol. The van der Waals surface area contributed by atoms with Gasteiger partial charge in [-0.2, -0.15) is 0 Å². The smallest absolute Gasteiger partial charge is 0.341 e. The fourth-order valence-corrected chi connectivity index (χ4v) is 2.44. The Hall–Kier alpha value is -2.34. The van der Waals surface area contributed by atoms with E-state index in [0.717, 1.165) is 5.56 Å². The van der Waals surface area contributed by atoms with E-state index in [4.69, 9.17) is 16.7 Å². The van der Waals surface area contributed by atoms with E-state index in [1.807, 2.05) is 0 Å². The molecule has 0 saturated heterocycles. The molecule has 0 spiro atoms. The molecule has 3 heterocycles. The summed E-state index contributed by atoms with van der Waals surface area (Å²) in [4.78, 5) is 26.8. The standard InChI is InChI=1S/C13H9ClN2O4/c14-12-10(18)3-6-1-2-16-5-7(13(19)20)9(17)4-8(16)11(6)15-12/h3-5,18H,1-2H2,(H,19,20). The maximum absolute atomic E-state index is 11.8. The number of carbonyl (C=O) groups is 1. The first-order chi connectivity index (χ1) is 9.47. The summed E-state index contributed by atoms with van der Waals surface area (Å²) < 4.78 is 1.66. The highest BCUT2D eigenvalue weighted by Crippen LogP contribution is 2.32. The normalized spacial score (nSPS) is 12.7. The lowest BCUT2D eigenvalue weighted by atomic mass is 10.0. The number of aromatic hydroxyl groups is 1. The Morgan fingerprint density at radius 1 is 1.40 bits per heavy atom. The van der Waals surface area contributed by atoms with E-state index in [9.17, 15) is 14.7 Å². The van der Waals surface area contributed by atoms with Gasteiger partial charge in [0.2, 0.25) is 0 Å². The number of aromatic nitrogens is 2. The lowest BCUT2D eigenvalue weighted by Gasteiger charge is -2.22. The number of nitrogens with zero attached hydrogens (tertiary/aromatic N) is 2. The summed E-state index contributed by atoms with van der Waals surface area (Å²) in [5.41, 5.74) is 0.912. The van der Waals surface area contributed by atoms with E-state index in [1.54, 1.807) is 4.57 Å². The summed E-state index contributed by atoms with van der Waals surface area (Å²) in [6, 6.07) is 2.76. The molecule has 3 rings (SSSR count). The van der Waals surface area contributed by atoms with Crippen molar-refractivity contribution in [3.8, 4) is 17.1 Å². The highest BCUT2D eigenvalue weighted by Gasteiger charge is 2.21. The van der Waals surface area contributed by atoms with Gasteiger partial charge in [-0.15, -0.1) is 0 Å². The second kappa shape index (κ2) is 4.35. The van der Waals surface area contributed by atoms with Crippen molar-refractivity contribution in [3.63, 3.8) is 0 Å². The Bertz CT molecular complexity index is 798. The number of rotatable bonds is 1. The predicted octanol–water partition coefficient (Wildman–Crippen LogP) is 1.52. The van der Waals surface area contributed by atoms with Gasteiger partial charge in [-0.05, 0) is 18.1 Å². The average Bonchev–Trinajstić information content (AvgIpc) is 2.39. The van der Waals surface area contributed by atoms with Crippen LogP contribution in [0.3, 0.4) is 0 Å². The molecule has 2 N–H and O–H groups in total. The number of carboxylic acid groups (broad SMARTS) is 1. The fourth-order valence-electron chi connectivity index (χ4n) is 2.30. The quantitative estimate of drug-likeness (QED) is 0.778. The molecule has 0 radical (unpaired) electrons. The first-order valence-corrected chi connectivity index (χ1v) is 6.21. The number of halogens is 1. The molecule has 1 aliphatic rings. The van der Waals surface area contributed by atoms with Gasteiger partial charge in [-0.25, -0.2) is 9.78 Å². The zero-order valence-electron chi connectivity index (χ0n) is 10.1. The zero-order valence-corrected chi connectivity index (χ0v) is 10.9. The molecule has 1 aliphatic heterocycles. The molecule has 0 amide bonds. The second-order valence-corrected chi connectivity index (χ2v) is 4.85. The zero-order chi connectivity index (χ0) is 14.4. The number of aryl methyl sites for hydroxylation is 2. The van der Waals surface area contributed by atoms with Crippen molar-refractivity contribution in [2.24, 2.45) is 0 Å². The number of aromatic carboxylic acids is 1. The van der Waals surface area contributed by atoms with Crippen molar-refractivity contribution >= 4 is 17.6 Å². The maximum Gasteiger partial charge on any atom is 0.341 e. The third-order valence-electron chi connectivity index (χ3n) is 3.26. The minimum Gasteiger partial charge on any atom is -0.505 e. The van der Waals surface area contributed by atoms with Gasteiger partial charge >= 0.3 is 5.97 Å². The summed E-state index contributed by atoms with van der Waals surface area (Å²) in [5, 5.41) is 18.5. The van der Waals surface area contributed by atoms with E-state index >= 15 is 0 Å². The Labute approximate surface area is 117 Å². The lowest BCUT2D eigenvalue weighted by Crippen LogP contribution is -2.22. The van der Waals surface area contributed by atoms with Gasteiger partial charge in [0.1, 0.15) is 5.56 Å². The van der Waals surface area contributed by atoms with Crippen molar-refractivity contribution in [2.75, 3.05) is 0 Å². The molecule has 0 aliphatic carbocycles. The van der Waals surface area contributed by atoms with E-state index < -0.39 is 11.4 Å². The number of hydrogen-bond acceptors (Lipinski definition) is 4. The number of hydrogen-bond donors (Lipinski definition) is 2. The second-order valence-electron chi connectivity index (χ2n) is 4.49. The van der Waals surface area contributed by atoms with Crippen molar-refractivity contribution in [3.05, 3.63) is 44.8 Å². The summed E-state index contributed by atoms with van der Waals surface area (Å²) in [7, 11) is 0. The van der Waals surface area contributed by atoms with E-state index in [2.05, 4.69) is 4.98 Å². The predicted molar refractivity (Wildman–Crippen MR) is 71.3 cm³/mol. The van der Waals surface area contributed by atoms with Crippen LogP contribution in [0.2, 0.25) is 5.15 Å². The molecule has 7 heteroatoms. The first-order valence-electron chi connectivity index (χ1n) is 5.84. The minimum atomic E-state index is -1.26. The summed E-state index contributed by atoms with van der Waals surface area (Å²) in [6.07, 6.45) is 1.88. The van der Waals surface area contributed by atoms with Crippen LogP contribution in [0.1, 0.15) is 15.9 Å². The third kappa shape index (κ3) is 1.85. The maximum atomic E-state index is 11.8. The van der Waals surface area contributed by atoms with Crippen molar-refractivity contribution in [1.82, 2.24) is 9.55 Å². The van der Waals surface area contributed by atoms with Crippen molar-refractivity contribution in [1.29, 1.82) is 0 Å². The molecule has 0 fully saturated rings. The molecular weight excluding hydrogens is 284 g/mol. The third-order valence-corrected chi connectivity index (χ3v) is 3.54. The van der Waals surface area contributed by atoms with E-state index in [0.29, 0.717) is 24.4 Å². The highest BCUT2D eigenvalue weighted by atomic mass is 35.5. The Morgan fingerprint density at radius 2 is 2.15 bits per heavy atom. The van der Waals surface area contributed by atoms with Crippen LogP contribution in [-0.2, 0) is 13.0 Å². The van der Waals surface area contributed by atoms with Crippen LogP contribution < -0.4 is 5.43 Å². The van der Waals surface area contributed by atoms with Gasteiger partial charge in [-0.1, -0.05) is 11.6 Å². The lowest BCUT2D eigenvalue weighted by molar-refractivity contribution is 0.0694. The van der Waals surface area contributed by atoms with Gasteiger partial charge in [0, 0.05) is 18.8 Å². The van der Waals surface area contributed by atoms with Crippen LogP contribution in [0.15, 0.2) is 23.1 Å².